The molecule has 0 spiro atoms. The molecule has 5 N–H and O–H groups in total. The maximum absolute atomic E-state index is 12.2. The third-order valence-corrected chi connectivity index (χ3v) is 10.7. The monoisotopic (exact) mass is 499 g/mol. The molecule has 0 saturated heterocycles. The smallest absolute Gasteiger partial charge is 0.209 e. The van der Waals surface area contributed by atoms with Crippen molar-refractivity contribution in [2.45, 2.75) is 83.3 Å². The minimum atomic E-state index is -0.579. The van der Waals surface area contributed by atoms with Gasteiger partial charge >= 0.3 is 0 Å². The Kier molecular flexibility index (Phi) is 8.32. The second-order valence-electron chi connectivity index (χ2n) is 12.7. The molecule has 0 heterocycles. The molecule has 36 heavy (non-hydrogen) atoms. The first-order valence-electron chi connectivity index (χ1n) is 14.1. The molecule has 202 valence electrons. The summed E-state index contributed by atoms with van der Waals surface area (Å²) >= 11 is 0. The van der Waals surface area contributed by atoms with Crippen LogP contribution in [-0.4, -0.2) is 66.2 Å². The fourth-order valence-electron chi connectivity index (χ4n) is 8.45. The summed E-state index contributed by atoms with van der Waals surface area (Å²) in [5, 5.41) is 37.4. The van der Waals surface area contributed by atoms with Crippen molar-refractivity contribution >= 4 is 12.2 Å². The first-order valence-corrected chi connectivity index (χ1v) is 14.1. The Morgan fingerprint density at radius 3 is 2.61 bits per heavy atom. The van der Waals surface area contributed by atoms with Gasteiger partial charge < -0.3 is 20.4 Å². The molecular weight excluding hydrogens is 450 g/mol. The number of hydrogen-bond donors (Lipinski definition) is 5. The van der Waals surface area contributed by atoms with Crippen LogP contribution in [0.4, 0.5) is 0 Å². The summed E-state index contributed by atoms with van der Waals surface area (Å²) in [5.74, 6) is 2.17. The van der Waals surface area contributed by atoms with Gasteiger partial charge in [0.15, 0.2) is 0 Å². The molecule has 0 amide bonds. The summed E-state index contributed by atoms with van der Waals surface area (Å²) in [5.41, 5.74) is 2.32. The number of aliphatic hydroxyl groups excluding tert-OH is 1. The summed E-state index contributed by atoms with van der Waals surface area (Å²) in [7, 11) is 4.00. The predicted molar refractivity (Wildman–Crippen MR) is 147 cm³/mol. The molecule has 8 atom stereocenters. The molecule has 4 aliphatic rings. The number of aliphatic hydroxyl groups is 2. The molecule has 0 bridgehead atoms. The van der Waals surface area contributed by atoms with Crippen LogP contribution in [0.2, 0.25) is 0 Å². The Balaban J connectivity index is 1.32. The van der Waals surface area contributed by atoms with E-state index in [1.54, 1.807) is 6.21 Å². The van der Waals surface area contributed by atoms with E-state index in [1.165, 1.54) is 6.42 Å². The van der Waals surface area contributed by atoms with E-state index in [-0.39, 0.29) is 22.9 Å². The molecule has 0 aromatic rings. The van der Waals surface area contributed by atoms with Crippen molar-refractivity contribution in [3.8, 4) is 0 Å². The van der Waals surface area contributed by atoms with Crippen molar-refractivity contribution in [1.29, 1.82) is 5.41 Å². The zero-order valence-electron chi connectivity index (χ0n) is 22.8. The van der Waals surface area contributed by atoms with E-state index in [4.69, 9.17) is 5.41 Å². The van der Waals surface area contributed by atoms with E-state index in [1.807, 2.05) is 26.2 Å². The van der Waals surface area contributed by atoms with E-state index in [2.05, 4.69) is 46.7 Å². The molecule has 0 aliphatic heterocycles. The van der Waals surface area contributed by atoms with Gasteiger partial charge in [0.05, 0.1) is 11.7 Å². The number of likely N-dealkylation sites (N-methyl/N-ethyl adjacent to an activating group) is 1. The average Bonchev–Trinajstić information content (AvgIpc) is 3.09. The van der Waals surface area contributed by atoms with Gasteiger partial charge in [-0.25, -0.2) is 5.43 Å². The first kappa shape index (κ1) is 27.3. The maximum atomic E-state index is 12.2. The van der Waals surface area contributed by atoms with Gasteiger partial charge in [-0.05, 0) is 107 Å². The maximum Gasteiger partial charge on any atom is 0.209 e. The molecule has 7 nitrogen and oxygen atoms in total. The van der Waals surface area contributed by atoms with Gasteiger partial charge in [0.1, 0.15) is 0 Å². The van der Waals surface area contributed by atoms with E-state index in [0.717, 1.165) is 57.9 Å². The summed E-state index contributed by atoms with van der Waals surface area (Å²) < 4.78 is 0. The number of nitrogens with zero attached hydrogens (tertiary/aromatic N) is 2. The molecule has 0 aromatic carbocycles. The van der Waals surface area contributed by atoms with Crippen LogP contribution in [0.15, 0.2) is 29.4 Å². The lowest BCUT2D eigenvalue weighted by atomic mass is 9.43. The number of allylic oxidation sites excluding steroid dienone is 4. The Bertz CT molecular complexity index is 872. The quantitative estimate of drug-likeness (QED) is 0.158. The summed E-state index contributed by atoms with van der Waals surface area (Å²) in [4.78, 5) is 2.06. The van der Waals surface area contributed by atoms with E-state index < -0.39 is 5.60 Å². The Morgan fingerprint density at radius 2 is 1.83 bits per heavy atom. The molecule has 4 aliphatic carbocycles. The molecule has 4 fully saturated rings. The van der Waals surface area contributed by atoms with Crippen molar-refractivity contribution < 1.29 is 10.2 Å². The van der Waals surface area contributed by atoms with Crippen LogP contribution >= 0.6 is 0 Å². The number of guanidine groups is 1. The molecular formula is C29H49N5O2. The second-order valence-corrected chi connectivity index (χ2v) is 12.7. The van der Waals surface area contributed by atoms with Gasteiger partial charge in [-0.15, -0.1) is 0 Å². The number of hydrogen-bond acceptors (Lipinski definition) is 5. The fourth-order valence-corrected chi connectivity index (χ4v) is 8.45. The predicted octanol–water partition coefficient (Wildman–Crippen LogP) is 3.89. The molecule has 0 radical (unpaired) electrons. The molecule has 7 heteroatoms. The zero-order chi connectivity index (χ0) is 26.0. The van der Waals surface area contributed by atoms with Gasteiger partial charge in [0, 0.05) is 24.7 Å². The van der Waals surface area contributed by atoms with Gasteiger partial charge in [-0.1, -0.05) is 32.1 Å². The van der Waals surface area contributed by atoms with Crippen molar-refractivity contribution in [3.05, 3.63) is 24.3 Å². The van der Waals surface area contributed by atoms with Crippen LogP contribution in [0.5, 0.6) is 0 Å². The van der Waals surface area contributed by atoms with E-state index in [9.17, 15) is 10.2 Å². The SMILES string of the molecule is CN(C)CCNC(=N)N/N=C/C=C/C=C/[C@H]1CC[C@]2(O)[C@@H]3CC[C@@H]4C[C@@H](O)CC[C@]4(C)[C@H]3CC[C@]12C. The normalized spacial score (nSPS) is 42.6. The summed E-state index contributed by atoms with van der Waals surface area (Å²) in [6.45, 7) is 6.37. The lowest BCUT2D eigenvalue weighted by Crippen LogP contribution is -2.62. The van der Waals surface area contributed by atoms with Gasteiger partial charge in [0.2, 0.25) is 5.96 Å². The summed E-state index contributed by atoms with van der Waals surface area (Å²) in [6.07, 6.45) is 19.3. The number of nitrogens with one attached hydrogen (secondary N) is 3. The summed E-state index contributed by atoms with van der Waals surface area (Å²) in [6, 6.07) is 0. The number of hydrazone groups is 1. The van der Waals surface area contributed by atoms with Crippen LogP contribution < -0.4 is 10.7 Å². The lowest BCUT2D eigenvalue weighted by Gasteiger charge is -2.63. The van der Waals surface area contributed by atoms with Crippen LogP contribution in [0.25, 0.3) is 0 Å². The molecule has 0 unspecified atom stereocenters. The van der Waals surface area contributed by atoms with Crippen molar-refractivity contribution in [3.63, 3.8) is 0 Å². The van der Waals surface area contributed by atoms with Gasteiger partial charge in [0.25, 0.3) is 0 Å². The van der Waals surface area contributed by atoms with Gasteiger partial charge in [-0.3, -0.25) is 5.41 Å². The van der Waals surface area contributed by atoms with Crippen molar-refractivity contribution in [2.24, 2.45) is 39.6 Å². The third kappa shape index (κ3) is 5.16. The number of fused-ring (bicyclic) bond motifs is 5. The highest BCUT2D eigenvalue weighted by molar-refractivity contribution is 5.78. The highest BCUT2D eigenvalue weighted by Gasteiger charge is 2.66. The zero-order valence-corrected chi connectivity index (χ0v) is 22.8. The number of rotatable bonds is 7. The Morgan fingerprint density at radius 1 is 1.03 bits per heavy atom. The largest absolute Gasteiger partial charge is 0.393 e. The van der Waals surface area contributed by atoms with Crippen LogP contribution in [0.3, 0.4) is 0 Å². The van der Waals surface area contributed by atoms with Crippen molar-refractivity contribution in [1.82, 2.24) is 15.6 Å². The van der Waals surface area contributed by atoms with E-state index in [0.29, 0.717) is 30.2 Å². The average molecular weight is 500 g/mol. The van der Waals surface area contributed by atoms with Crippen LogP contribution in [0.1, 0.15) is 71.6 Å². The van der Waals surface area contributed by atoms with Crippen molar-refractivity contribution in [2.75, 3.05) is 27.2 Å². The Hall–Kier alpha value is -1.70. The molecule has 0 aromatic heterocycles. The first-order chi connectivity index (χ1) is 17.1. The highest BCUT2D eigenvalue weighted by Crippen LogP contribution is 2.69. The lowest BCUT2D eigenvalue weighted by molar-refractivity contribution is -0.207. The van der Waals surface area contributed by atoms with Crippen LogP contribution in [0, 0.1) is 39.9 Å². The van der Waals surface area contributed by atoms with Crippen LogP contribution in [-0.2, 0) is 0 Å². The minimum Gasteiger partial charge on any atom is -0.393 e. The van der Waals surface area contributed by atoms with Gasteiger partial charge in [-0.2, -0.15) is 5.10 Å². The fraction of sp³-hybridized carbons (Fsp3) is 0.793. The van der Waals surface area contributed by atoms with E-state index >= 15 is 0 Å². The molecule has 4 rings (SSSR count). The third-order valence-electron chi connectivity index (χ3n) is 10.7. The minimum absolute atomic E-state index is 0.0706. The topological polar surface area (TPSA) is 104 Å². The highest BCUT2D eigenvalue weighted by atomic mass is 16.3. The molecule has 4 saturated carbocycles. The Labute approximate surface area is 218 Å². The second kappa shape index (κ2) is 11.0. The standard InChI is InChI=1S/C29H49N5O2/c1-27-14-12-23(35)20-22(27)9-10-25-24(27)13-15-28(2)21(11-16-29(25,28)36)8-6-5-7-17-32-33-26(30)31-18-19-34(3)4/h5-8,17,21-25,35-36H,9-16,18-20H2,1-4H3,(H3,30,31,33)/b7-5+,8-6+,32-17+/t21-,22+,23-,24-,25+,27-,28+,29-/m0/s1.